The number of hydrogen-bond acceptors (Lipinski definition) is 5. The van der Waals surface area contributed by atoms with Crippen LogP contribution in [0.3, 0.4) is 0 Å². The van der Waals surface area contributed by atoms with Gasteiger partial charge in [-0.05, 0) is 37.7 Å². The summed E-state index contributed by atoms with van der Waals surface area (Å²) in [7, 11) is 0. The number of rotatable bonds is 4. The number of aliphatic hydroxyl groups is 2. The first-order valence-electron chi connectivity index (χ1n) is 8.18. The lowest BCUT2D eigenvalue weighted by molar-refractivity contribution is -0.148. The van der Waals surface area contributed by atoms with Crippen LogP contribution in [0.2, 0.25) is 0 Å². The van der Waals surface area contributed by atoms with Gasteiger partial charge in [0.15, 0.2) is 0 Å². The lowest BCUT2D eigenvalue weighted by Crippen LogP contribution is -2.20. The number of benzene rings is 1. The molecule has 2 N–H and O–H groups in total. The Morgan fingerprint density at radius 3 is 2.48 bits per heavy atom. The Balaban J connectivity index is 0.000000463. The predicted molar refractivity (Wildman–Crippen MR) is 88.0 cm³/mol. The van der Waals surface area contributed by atoms with E-state index in [2.05, 4.69) is 24.3 Å². The molecule has 2 rings (SSSR count). The molecule has 2 atom stereocenters. The second kappa shape index (κ2) is 12.0. The summed E-state index contributed by atoms with van der Waals surface area (Å²) in [6, 6.07) is 10.4. The number of carbonyl (C=O) groups is 1. The van der Waals surface area contributed by atoms with Crippen molar-refractivity contribution in [3.8, 4) is 0 Å². The van der Waals surface area contributed by atoms with Crippen molar-refractivity contribution in [2.45, 2.75) is 38.7 Å². The Morgan fingerprint density at radius 1 is 1.17 bits per heavy atom. The Labute approximate surface area is 138 Å². The summed E-state index contributed by atoms with van der Waals surface area (Å²) in [5, 5.41) is 15.8. The topological polar surface area (TPSA) is 76.0 Å². The van der Waals surface area contributed by atoms with Gasteiger partial charge in [-0.3, -0.25) is 4.79 Å². The minimum atomic E-state index is -0.150. The van der Waals surface area contributed by atoms with Crippen LogP contribution >= 0.6 is 0 Å². The van der Waals surface area contributed by atoms with E-state index in [9.17, 15) is 4.79 Å². The predicted octanol–water partition coefficient (Wildman–Crippen LogP) is 1.95. The number of ether oxygens (including phenoxy) is 2. The molecule has 2 unspecified atom stereocenters. The van der Waals surface area contributed by atoms with Crippen molar-refractivity contribution in [2.75, 3.05) is 26.4 Å². The molecule has 1 aromatic carbocycles. The zero-order valence-corrected chi connectivity index (χ0v) is 13.8. The van der Waals surface area contributed by atoms with Crippen LogP contribution in [-0.2, 0) is 20.7 Å². The Hall–Kier alpha value is -1.43. The first-order chi connectivity index (χ1) is 11.2. The molecule has 0 radical (unpaired) electrons. The number of aliphatic hydroxyl groups excluding tert-OH is 2. The van der Waals surface area contributed by atoms with Gasteiger partial charge < -0.3 is 19.7 Å². The summed E-state index contributed by atoms with van der Waals surface area (Å²) in [6.07, 6.45) is 2.68. The molecule has 130 valence electrons. The number of carbonyl (C=O) groups excluding carboxylic acids is 1. The molecule has 1 heterocycles. The lowest BCUT2D eigenvalue weighted by atomic mass is 9.95. The van der Waals surface area contributed by atoms with Crippen LogP contribution in [0.4, 0.5) is 0 Å². The van der Waals surface area contributed by atoms with Gasteiger partial charge >= 0.3 is 5.97 Å². The SMILES string of the molecule is CC1CC(Cc2ccccc2)COCCC(=O)O1.OCCCO. The molecule has 0 bridgehead atoms. The molecule has 0 spiro atoms. The van der Waals surface area contributed by atoms with Crippen molar-refractivity contribution in [1.82, 2.24) is 0 Å². The van der Waals surface area contributed by atoms with E-state index >= 15 is 0 Å². The van der Waals surface area contributed by atoms with Crippen molar-refractivity contribution in [1.29, 1.82) is 0 Å². The summed E-state index contributed by atoms with van der Waals surface area (Å²) < 4.78 is 10.9. The van der Waals surface area contributed by atoms with Crippen LogP contribution < -0.4 is 0 Å². The third kappa shape index (κ3) is 9.33. The molecule has 23 heavy (non-hydrogen) atoms. The fourth-order valence-electron chi connectivity index (χ4n) is 2.43. The highest BCUT2D eigenvalue weighted by Crippen LogP contribution is 2.18. The number of esters is 1. The fraction of sp³-hybridized carbons (Fsp3) is 0.611. The van der Waals surface area contributed by atoms with Gasteiger partial charge in [0.25, 0.3) is 0 Å². The average molecular weight is 324 g/mol. The van der Waals surface area contributed by atoms with Gasteiger partial charge in [0.2, 0.25) is 0 Å². The highest BCUT2D eigenvalue weighted by atomic mass is 16.5. The smallest absolute Gasteiger partial charge is 0.308 e. The first kappa shape index (κ1) is 19.6. The maximum Gasteiger partial charge on any atom is 0.308 e. The second-order valence-corrected chi connectivity index (χ2v) is 5.72. The van der Waals surface area contributed by atoms with Gasteiger partial charge in [-0.15, -0.1) is 0 Å². The van der Waals surface area contributed by atoms with Crippen molar-refractivity contribution in [2.24, 2.45) is 5.92 Å². The molecule has 1 aliphatic heterocycles. The summed E-state index contributed by atoms with van der Waals surface area (Å²) in [4.78, 5) is 11.4. The lowest BCUT2D eigenvalue weighted by Gasteiger charge is -2.19. The van der Waals surface area contributed by atoms with Crippen molar-refractivity contribution < 1.29 is 24.5 Å². The fourth-order valence-corrected chi connectivity index (χ4v) is 2.43. The molecule has 1 saturated heterocycles. The molecule has 1 fully saturated rings. The number of cyclic esters (lactones) is 1. The minimum absolute atomic E-state index is 0.0205. The molecular formula is C18H28O5. The van der Waals surface area contributed by atoms with Crippen LogP contribution in [0, 0.1) is 5.92 Å². The monoisotopic (exact) mass is 324 g/mol. The first-order valence-corrected chi connectivity index (χ1v) is 8.18. The Bertz CT molecular complexity index is 419. The van der Waals surface area contributed by atoms with Gasteiger partial charge in [0, 0.05) is 19.8 Å². The summed E-state index contributed by atoms with van der Waals surface area (Å²) in [5.74, 6) is 0.260. The van der Waals surface area contributed by atoms with E-state index < -0.39 is 0 Å². The van der Waals surface area contributed by atoms with Crippen molar-refractivity contribution >= 4 is 5.97 Å². The molecule has 5 nitrogen and oxygen atoms in total. The van der Waals surface area contributed by atoms with E-state index in [1.165, 1.54) is 5.56 Å². The van der Waals surface area contributed by atoms with Gasteiger partial charge in [-0.2, -0.15) is 0 Å². The van der Waals surface area contributed by atoms with E-state index in [0.29, 0.717) is 32.0 Å². The highest BCUT2D eigenvalue weighted by Gasteiger charge is 2.19. The van der Waals surface area contributed by atoms with E-state index in [4.69, 9.17) is 19.7 Å². The summed E-state index contributed by atoms with van der Waals surface area (Å²) in [6.45, 7) is 3.32. The third-order valence-electron chi connectivity index (χ3n) is 3.49. The highest BCUT2D eigenvalue weighted by molar-refractivity contribution is 5.69. The van der Waals surface area contributed by atoms with Crippen molar-refractivity contribution in [3.05, 3.63) is 35.9 Å². The molecule has 0 aliphatic carbocycles. The maximum absolute atomic E-state index is 11.4. The van der Waals surface area contributed by atoms with Gasteiger partial charge in [-0.1, -0.05) is 30.3 Å². The van der Waals surface area contributed by atoms with Gasteiger partial charge in [0.05, 0.1) is 19.1 Å². The standard InChI is InChI=1S/C15H20O3.C3H8O2/c1-12-9-14(10-13-5-3-2-4-6-13)11-17-8-7-15(16)18-12;4-2-1-3-5/h2-6,12,14H,7-11H2,1H3;4-5H,1-3H2. The van der Waals surface area contributed by atoms with Crippen LogP contribution in [0.5, 0.6) is 0 Å². The summed E-state index contributed by atoms with van der Waals surface area (Å²) in [5.41, 5.74) is 1.31. The zero-order chi connectivity index (χ0) is 16.9. The van der Waals surface area contributed by atoms with E-state index in [1.54, 1.807) is 0 Å². The van der Waals surface area contributed by atoms with E-state index in [0.717, 1.165) is 12.8 Å². The summed E-state index contributed by atoms with van der Waals surface area (Å²) >= 11 is 0. The molecule has 0 amide bonds. The quantitative estimate of drug-likeness (QED) is 0.828. The third-order valence-corrected chi connectivity index (χ3v) is 3.49. The molecule has 0 aromatic heterocycles. The number of hydrogen-bond donors (Lipinski definition) is 2. The van der Waals surface area contributed by atoms with Crippen LogP contribution in [0.1, 0.15) is 31.7 Å². The molecule has 1 aromatic rings. The zero-order valence-electron chi connectivity index (χ0n) is 13.8. The second-order valence-electron chi connectivity index (χ2n) is 5.72. The average Bonchev–Trinajstić information content (AvgIpc) is 2.60. The Kier molecular flexibility index (Phi) is 10.3. The van der Waals surface area contributed by atoms with Gasteiger partial charge in [-0.25, -0.2) is 0 Å². The van der Waals surface area contributed by atoms with Gasteiger partial charge in [0.1, 0.15) is 0 Å². The largest absolute Gasteiger partial charge is 0.463 e. The maximum atomic E-state index is 11.4. The molecule has 1 aliphatic rings. The van der Waals surface area contributed by atoms with E-state index in [-0.39, 0.29) is 25.3 Å². The van der Waals surface area contributed by atoms with Crippen molar-refractivity contribution in [3.63, 3.8) is 0 Å². The van der Waals surface area contributed by atoms with Crippen LogP contribution in [-0.4, -0.2) is 48.7 Å². The normalized spacial score (nSPS) is 22.0. The minimum Gasteiger partial charge on any atom is -0.463 e. The Morgan fingerprint density at radius 2 is 1.87 bits per heavy atom. The molecule has 0 saturated carbocycles. The van der Waals surface area contributed by atoms with Crippen LogP contribution in [0.25, 0.3) is 0 Å². The van der Waals surface area contributed by atoms with E-state index in [1.807, 2.05) is 13.0 Å². The molecular weight excluding hydrogens is 296 g/mol. The van der Waals surface area contributed by atoms with Crippen LogP contribution in [0.15, 0.2) is 30.3 Å². The molecule has 5 heteroatoms.